The van der Waals surface area contributed by atoms with Crippen molar-refractivity contribution in [3.8, 4) is 5.75 Å². The normalized spacial score (nSPS) is 11.8. The molecular formula is C18H20ClNO2. The Bertz CT molecular complexity index is 653. The molecule has 0 aliphatic carbocycles. The highest BCUT2D eigenvalue weighted by atomic mass is 35.5. The fourth-order valence-corrected chi connectivity index (χ4v) is 2.23. The molecule has 2 rings (SSSR count). The molecule has 1 N–H and O–H groups in total. The van der Waals surface area contributed by atoms with Gasteiger partial charge in [0.15, 0.2) is 6.10 Å². The number of amides is 1. The minimum atomic E-state index is -0.541. The molecule has 0 aliphatic rings. The van der Waals surface area contributed by atoms with Crippen molar-refractivity contribution < 1.29 is 9.53 Å². The van der Waals surface area contributed by atoms with Crippen LogP contribution in [0.2, 0.25) is 5.02 Å². The number of halogens is 1. The Labute approximate surface area is 136 Å². The van der Waals surface area contributed by atoms with Crippen LogP contribution in [0.3, 0.4) is 0 Å². The van der Waals surface area contributed by atoms with Crippen molar-refractivity contribution in [2.75, 3.05) is 5.32 Å². The van der Waals surface area contributed by atoms with E-state index in [0.717, 1.165) is 16.8 Å². The Kier molecular flexibility index (Phi) is 5.45. The van der Waals surface area contributed by atoms with E-state index in [0.29, 0.717) is 17.2 Å². The second kappa shape index (κ2) is 7.32. The van der Waals surface area contributed by atoms with Crippen LogP contribution in [0.15, 0.2) is 42.5 Å². The number of anilines is 1. The monoisotopic (exact) mass is 317 g/mol. The molecule has 1 amide bonds. The van der Waals surface area contributed by atoms with Gasteiger partial charge in [-0.1, -0.05) is 30.7 Å². The summed E-state index contributed by atoms with van der Waals surface area (Å²) in [6.45, 7) is 5.93. The number of carbonyl (C=O) groups is 1. The second-order valence-electron chi connectivity index (χ2n) is 5.21. The van der Waals surface area contributed by atoms with Crippen LogP contribution in [0.1, 0.15) is 24.5 Å². The van der Waals surface area contributed by atoms with Gasteiger partial charge >= 0.3 is 0 Å². The molecule has 3 nitrogen and oxygen atoms in total. The van der Waals surface area contributed by atoms with Crippen LogP contribution in [0.4, 0.5) is 5.69 Å². The second-order valence-corrected chi connectivity index (χ2v) is 5.64. The average Bonchev–Trinajstić information content (AvgIpc) is 2.51. The Hall–Kier alpha value is -2.00. The highest BCUT2D eigenvalue weighted by Gasteiger charge is 2.19. The first-order valence-corrected chi connectivity index (χ1v) is 7.68. The van der Waals surface area contributed by atoms with Gasteiger partial charge in [0.25, 0.3) is 5.91 Å². The van der Waals surface area contributed by atoms with Gasteiger partial charge < -0.3 is 10.1 Å². The maximum Gasteiger partial charge on any atom is 0.265 e. The molecule has 0 saturated heterocycles. The van der Waals surface area contributed by atoms with E-state index in [1.807, 2.05) is 39.0 Å². The molecule has 0 bridgehead atoms. The highest BCUT2D eigenvalue weighted by Crippen LogP contribution is 2.21. The molecule has 1 atom stereocenters. The molecule has 22 heavy (non-hydrogen) atoms. The molecule has 0 saturated carbocycles. The zero-order chi connectivity index (χ0) is 16.1. The van der Waals surface area contributed by atoms with E-state index in [1.165, 1.54) is 0 Å². The third kappa shape index (κ3) is 4.01. The van der Waals surface area contributed by atoms with Crippen molar-refractivity contribution in [1.82, 2.24) is 0 Å². The van der Waals surface area contributed by atoms with Crippen molar-refractivity contribution in [1.29, 1.82) is 0 Å². The minimum Gasteiger partial charge on any atom is -0.481 e. The molecule has 0 aliphatic heterocycles. The molecule has 2 aromatic rings. The molecular weight excluding hydrogens is 298 g/mol. The lowest BCUT2D eigenvalue weighted by Gasteiger charge is -2.18. The first-order valence-electron chi connectivity index (χ1n) is 7.30. The zero-order valence-electron chi connectivity index (χ0n) is 13.0. The fraction of sp³-hybridized carbons (Fsp3) is 0.278. The van der Waals surface area contributed by atoms with Crippen molar-refractivity contribution in [3.63, 3.8) is 0 Å². The van der Waals surface area contributed by atoms with Gasteiger partial charge in [0, 0.05) is 10.7 Å². The lowest BCUT2D eigenvalue weighted by molar-refractivity contribution is -0.122. The Balaban J connectivity index is 2.08. The van der Waals surface area contributed by atoms with Crippen LogP contribution in [-0.2, 0) is 4.79 Å². The first-order chi connectivity index (χ1) is 10.5. The Morgan fingerprint density at radius 1 is 1.18 bits per heavy atom. The SMILES string of the molecule is CCC(Oc1ccc(Cl)cc1)C(=O)Nc1cccc(C)c1C. The Morgan fingerprint density at radius 2 is 1.86 bits per heavy atom. The van der Waals surface area contributed by atoms with Crippen LogP contribution in [0, 0.1) is 13.8 Å². The van der Waals surface area contributed by atoms with Crippen molar-refractivity contribution in [2.24, 2.45) is 0 Å². The van der Waals surface area contributed by atoms with Gasteiger partial charge in [0.05, 0.1) is 0 Å². The smallest absolute Gasteiger partial charge is 0.265 e. The average molecular weight is 318 g/mol. The third-order valence-electron chi connectivity index (χ3n) is 3.62. The highest BCUT2D eigenvalue weighted by molar-refractivity contribution is 6.30. The molecule has 0 heterocycles. The van der Waals surface area contributed by atoms with Crippen LogP contribution >= 0.6 is 11.6 Å². The third-order valence-corrected chi connectivity index (χ3v) is 3.87. The molecule has 0 spiro atoms. The largest absolute Gasteiger partial charge is 0.481 e. The van der Waals surface area contributed by atoms with Crippen molar-refractivity contribution in [3.05, 3.63) is 58.6 Å². The fourth-order valence-electron chi connectivity index (χ4n) is 2.10. The number of nitrogens with one attached hydrogen (secondary N) is 1. The number of hydrogen-bond donors (Lipinski definition) is 1. The number of benzene rings is 2. The van der Waals surface area contributed by atoms with Gasteiger partial charge in [-0.05, 0) is 61.7 Å². The first kappa shape index (κ1) is 16.4. The maximum absolute atomic E-state index is 12.4. The molecule has 0 fully saturated rings. The summed E-state index contributed by atoms with van der Waals surface area (Å²) in [5.74, 6) is 0.485. The number of carbonyl (C=O) groups excluding carboxylic acids is 1. The number of aryl methyl sites for hydroxylation is 1. The summed E-state index contributed by atoms with van der Waals surface area (Å²) >= 11 is 5.85. The van der Waals surface area contributed by atoms with E-state index in [9.17, 15) is 4.79 Å². The number of hydrogen-bond acceptors (Lipinski definition) is 2. The molecule has 4 heteroatoms. The predicted molar refractivity (Wildman–Crippen MR) is 90.7 cm³/mol. The van der Waals surface area contributed by atoms with Crippen LogP contribution in [0.25, 0.3) is 0 Å². The van der Waals surface area contributed by atoms with Gasteiger partial charge in [-0.15, -0.1) is 0 Å². The molecule has 116 valence electrons. The summed E-state index contributed by atoms with van der Waals surface area (Å²) in [6.07, 6.45) is 0.0420. The Morgan fingerprint density at radius 3 is 2.50 bits per heavy atom. The minimum absolute atomic E-state index is 0.147. The number of rotatable bonds is 5. The van der Waals surface area contributed by atoms with Gasteiger partial charge in [-0.3, -0.25) is 4.79 Å². The van der Waals surface area contributed by atoms with Crippen molar-refractivity contribution in [2.45, 2.75) is 33.3 Å². The maximum atomic E-state index is 12.4. The van der Waals surface area contributed by atoms with Gasteiger partial charge in [-0.2, -0.15) is 0 Å². The predicted octanol–water partition coefficient (Wildman–Crippen LogP) is 4.75. The summed E-state index contributed by atoms with van der Waals surface area (Å²) in [5, 5.41) is 3.58. The van der Waals surface area contributed by atoms with Gasteiger partial charge in [0.1, 0.15) is 5.75 Å². The van der Waals surface area contributed by atoms with E-state index in [4.69, 9.17) is 16.3 Å². The summed E-state index contributed by atoms with van der Waals surface area (Å²) < 4.78 is 5.75. The lowest BCUT2D eigenvalue weighted by atomic mass is 10.1. The summed E-state index contributed by atoms with van der Waals surface area (Å²) in [5.41, 5.74) is 3.03. The van der Waals surface area contributed by atoms with E-state index < -0.39 is 6.10 Å². The van der Waals surface area contributed by atoms with Crippen molar-refractivity contribution >= 4 is 23.2 Å². The summed E-state index contributed by atoms with van der Waals surface area (Å²) in [7, 11) is 0. The van der Waals surface area contributed by atoms with E-state index in [-0.39, 0.29) is 5.91 Å². The van der Waals surface area contributed by atoms with Crippen LogP contribution in [0.5, 0.6) is 5.75 Å². The molecule has 0 aromatic heterocycles. The van der Waals surface area contributed by atoms with E-state index >= 15 is 0 Å². The van der Waals surface area contributed by atoms with E-state index in [2.05, 4.69) is 5.32 Å². The van der Waals surface area contributed by atoms with Crippen LogP contribution < -0.4 is 10.1 Å². The van der Waals surface area contributed by atoms with Crippen LogP contribution in [-0.4, -0.2) is 12.0 Å². The summed E-state index contributed by atoms with van der Waals surface area (Å²) in [4.78, 5) is 12.4. The number of ether oxygens (including phenoxy) is 1. The van der Waals surface area contributed by atoms with Gasteiger partial charge in [-0.25, -0.2) is 0 Å². The molecule has 1 unspecified atom stereocenters. The standard InChI is InChI=1S/C18H20ClNO2/c1-4-17(22-15-10-8-14(19)9-11-15)18(21)20-16-7-5-6-12(2)13(16)3/h5-11,17H,4H2,1-3H3,(H,20,21). The molecule has 2 aromatic carbocycles. The van der Waals surface area contributed by atoms with Gasteiger partial charge in [0.2, 0.25) is 0 Å². The quantitative estimate of drug-likeness (QED) is 0.864. The lowest BCUT2D eigenvalue weighted by Crippen LogP contribution is -2.32. The van der Waals surface area contributed by atoms with E-state index in [1.54, 1.807) is 24.3 Å². The molecule has 0 radical (unpaired) electrons. The topological polar surface area (TPSA) is 38.3 Å². The zero-order valence-corrected chi connectivity index (χ0v) is 13.8. The summed E-state index contributed by atoms with van der Waals surface area (Å²) in [6, 6.07) is 12.9.